The van der Waals surface area contributed by atoms with Crippen molar-refractivity contribution in [1.29, 1.82) is 0 Å². The molecule has 2 N–H and O–H groups in total. The Morgan fingerprint density at radius 3 is 2.54 bits per heavy atom. The molecule has 0 unspecified atom stereocenters. The van der Waals surface area contributed by atoms with E-state index in [0.29, 0.717) is 10.0 Å². The zero-order chi connectivity index (χ0) is 17.4. The van der Waals surface area contributed by atoms with Crippen molar-refractivity contribution >= 4 is 34.0 Å². The van der Waals surface area contributed by atoms with Crippen LogP contribution in [0.5, 0.6) is 5.75 Å². The lowest BCUT2D eigenvalue weighted by atomic mass is 10.2. The first-order valence-electron chi connectivity index (χ1n) is 7.09. The van der Waals surface area contributed by atoms with Crippen molar-refractivity contribution in [3.63, 3.8) is 0 Å². The minimum Gasteiger partial charge on any atom is -0.497 e. The average Bonchev–Trinajstić information content (AvgIpc) is 2.60. The molecule has 0 spiro atoms. The lowest BCUT2D eigenvalue weighted by molar-refractivity contribution is -0.120. The molecule has 0 aliphatic carbocycles. The Morgan fingerprint density at radius 1 is 1.17 bits per heavy atom. The van der Waals surface area contributed by atoms with Gasteiger partial charge in [0.1, 0.15) is 5.75 Å². The molecule has 7 heteroatoms. The molecule has 0 aliphatic heterocycles. The SMILES string of the molecule is COc1ccc(/C=N/NC(=O)CNC(=O)c2ccccc2Br)cc1. The van der Waals surface area contributed by atoms with Crippen LogP contribution in [0.1, 0.15) is 15.9 Å². The van der Waals surface area contributed by atoms with Gasteiger partial charge in [-0.3, -0.25) is 9.59 Å². The van der Waals surface area contributed by atoms with Crippen LogP contribution in [0.25, 0.3) is 0 Å². The molecule has 124 valence electrons. The highest BCUT2D eigenvalue weighted by atomic mass is 79.9. The number of nitrogens with zero attached hydrogens (tertiary/aromatic N) is 1. The van der Waals surface area contributed by atoms with Crippen molar-refractivity contribution in [2.24, 2.45) is 5.10 Å². The molecule has 0 bridgehead atoms. The number of hydrogen-bond acceptors (Lipinski definition) is 4. The van der Waals surface area contributed by atoms with Crippen molar-refractivity contribution in [3.05, 3.63) is 64.1 Å². The monoisotopic (exact) mass is 389 g/mol. The standard InChI is InChI=1S/C17H16BrN3O3/c1-24-13-8-6-12(7-9-13)10-20-21-16(22)11-19-17(23)14-4-2-3-5-15(14)18/h2-10H,11H2,1H3,(H,19,23)(H,21,22)/b20-10+. The van der Waals surface area contributed by atoms with E-state index in [-0.39, 0.29) is 12.5 Å². The summed E-state index contributed by atoms with van der Waals surface area (Å²) in [5.41, 5.74) is 3.63. The van der Waals surface area contributed by atoms with Gasteiger partial charge < -0.3 is 10.1 Å². The maximum absolute atomic E-state index is 12.0. The van der Waals surface area contributed by atoms with Gasteiger partial charge in [-0.2, -0.15) is 5.10 Å². The Kier molecular flexibility index (Phi) is 6.51. The van der Waals surface area contributed by atoms with E-state index in [4.69, 9.17) is 4.74 Å². The van der Waals surface area contributed by atoms with Crippen molar-refractivity contribution in [1.82, 2.24) is 10.7 Å². The summed E-state index contributed by atoms with van der Waals surface area (Å²) in [5, 5.41) is 6.37. The minimum absolute atomic E-state index is 0.167. The number of hydrazone groups is 1. The summed E-state index contributed by atoms with van der Waals surface area (Å²) in [5.74, 6) is -0.0112. The van der Waals surface area contributed by atoms with Crippen LogP contribution in [-0.4, -0.2) is 31.7 Å². The number of halogens is 1. The van der Waals surface area contributed by atoms with E-state index >= 15 is 0 Å². The third-order valence-corrected chi connectivity index (χ3v) is 3.74. The number of carbonyl (C=O) groups excluding carboxylic acids is 2. The second-order valence-corrected chi connectivity index (χ2v) is 5.58. The van der Waals surface area contributed by atoms with E-state index in [9.17, 15) is 9.59 Å². The fourth-order valence-corrected chi connectivity index (χ4v) is 2.27. The molecule has 2 aromatic rings. The van der Waals surface area contributed by atoms with E-state index in [2.05, 4.69) is 31.8 Å². The molecule has 0 aromatic heterocycles. The maximum Gasteiger partial charge on any atom is 0.259 e. The number of carbonyl (C=O) groups is 2. The quantitative estimate of drug-likeness (QED) is 0.587. The van der Waals surface area contributed by atoms with Crippen molar-refractivity contribution < 1.29 is 14.3 Å². The van der Waals surface area contributed by atoms with E-state index in [0.717, 1.165) is 11.3 Å². The van der Waals surface area contributed by atoms with Crippen molar-refractivity contribution in [3.8, 4) is 5.75 Å². The molecule has 0 heterocycles. The maximum atomic E-state index is 12.0. The van der Waals surface area contributed by atoms with Gasteiger partial charge in [0.05, 0.1) is 25.4 Å². The zero-order valence-electron chi connectivity index (χ0n) is 13.0. The molecular weight excluding hydrogens is 374 g/mol. The molecule has 2 rings (SSSR count). The molecule has 24 heavy (non-hydrogen) atoms. The van der Waals surface area contributed by atoms with Crippen LogP contribution in [0.3, 0.4) is 0 Å². The summed E-state index contributed by atoms with van der Waals surface area (Å²) in [6.45, 7) is -0.167. The molecule has 0 fully saturated rings. The van der Waals surface area contributed by atoms with Crippen molar-refractivity contribution in [2.75, 3.05) is 13.7 Å². The number of amides is 2. The molecule has 0 atom stereocenters. The van der Waals surface area contributed by atoms with Gasteiger partial charge >= 0.3 is 0 Å². The van der Waals surface area contributed by atoms with Gasteiger partial charge in [0.15, 0.2) is 0 Å². The summed E-state index contributed by atoms with van der Waals surface area (Å²) in [7, 11) is 1.59. The Labute approximate surface area is 148 Å². The average molecular weight is 390 g/mol. The summed E-state index contributed by atoms with van der Waals surface area (Å²) >= 11 is 3.29. The normalized spacial score (nSPS) is 10.4. The lowest BCUT2D eigenvalue weighted by Gasteiger charge is -2.05. The lowest BCUT2D eigenvalue weighted by Crippen LogP contribution is -2.35. The number of nitrogens with one attached hydrogen (secondary N) is 2. The van der Waals surface area contributed by atoms with Gasteiger partial charge in [0.25, 0.3) is 11.8 Å². The van der Waals surface area contributed by atoms with Crippen LogP contribution in [0.15, 0.2) is 58.1 Å². The van der Waals surface area contributed by atoms with Gasteiger partial charge in [0.2, 0.25) is 0 Å². The molecule has 0 saturated carbocycles. The first kappa shape index (κ1) is 17.7. The predicted molar refractivity (Wildman–Crippen MR) is 95.2 cm³/mol. The number of rotatable bonds is 6. The molecule has 2 aromatic carbocycles. The van der Waals surface area contributed by atoms with E-state index in [1.165, 1.54) is 6.21 Å². The van der Waals surface area contributed by atoms with Gasteiger partial charge in [-0.1, -0.05) is 12.1 Å². The molecular formula is C17H16BrN3O3. The van der Waals surface area contributed by atoms with Crippen LogP contribution in [0.4, 0.5) is 0 Å². The zero-order valence-corrected chi connectivity index (χ0v) is 14.5. The molecule has 2 amide bonds. The fourth-order valence-electron chi connectivity index (χ4n) is 1.81. The highest BCUT2D eigenvalue weighted by Crippen LogP contribution is 2.15. The summed E-state index contributed by atoms with van der Waals surface area (Å²) < 4.78 is 5.72. The van der Waals surface area contributed by atoms with Crippen LogP contribution in [-0.2, 0) is 4.79 Å². The van der Waals surface area contributed by atoms with Crippen LogP contribution >= 0.6 is 15.9 Å². The predicted octanol–water partition coefficient (Wildman–Crippen LogP) is 2.34. The Morgan fingerprint density at radius 2 is 1.88 bits per heavy atom. The third kappa shape index (κ3) is 5.20. The van der Waals surface area contributed by atoms with E-state index in [1.807, 2.05) is 12.1 Å². The number of methoxy groups -OCH3 is 1. The third-order valence-electron chi connectivity index (χ3n) is 3.05. The molecule has 6 nitrogen and oxygen atoms in total. The van der Waals surface area contributed by atoms with Crippen LogP contribution in [0, 0.1) is 0 Å². The van der Waals surface area contributed by atoms with E-state index < -0.39 is 5.91 Å². The summed E-state index contributed by atoms with van der Waals surface area (Å²) in [6, 6.07) is 14.2. The molecule has 0 aliphatic rings. The largest absolute Gasteiger partial charge is 0.497 e. The van der Waals surface area contributed by atoms with Gasteiger partial charge in [-0.25, -0.2) is 5.43 Å². The summed E-state index contributed by atoms with van der Waals surface area (Å²) in [6.07, 6.45) is 1.51. The van der Waals surface area contributed by atoms with Gasteiger partial charge in [-0.05, 0) is 57.9 Å². The van der Waals surface area contributed by atoms with Crippen LogP contribution in [0.2, 0.25) is 0 Å². The Balaban J connectivity index is 1.79. The highest BCUT2D eigenvalue weighted by molar-refractivity contribution is 9.10. The second-order valence-electron chi connectivity index (χ2n) is 4.73. The first-order valence-corrected chi connectivity index (χ1v) is 7.88. The minimum atomic E-state index is -0.417. The summed E-state index contributed by atoms with van der Waals surface area (Å²) in [4.78, 5) is 23.6. The number of benzene rings is 2. The second kappa shape index (κ2) is 8.83. The van der Waals surface area contributed by atoms with Gasteiger partial charge in [0, 0.05) is 4.47 Å². The van der Waals surface area contributed by atoms with Crippen LogP contribution < -0.4 is 15.5 Å². The number of hydrogen-bond donors (Lipinski definition) is 2. The van der Waals surface area contributed by atoms with E-state index in [1.54, 1.807) is 43.5 Å². The van der Waals surface area contributed by atoms with Gasteiger partial charge in [-0.15, -0.1) is 0 Å². The van der Waals surface area contributed by atoms with Crippen molar-refractivity contribution in [2.45, 2.75) is 0 Å². The molecule has 0 saturated heterocycles. The Hall–Kier alpha value is -2.67. The highest BCUT2D eigenvalue weighted by Gasteiger charge is 2.10. The molecule has 0 radical (unpaired) electrons. The number of ether oxygens (including phenoxy) is 1. The Bertz CT molecular complexity index is 745. The first-order chi connectivity index (χ1) is 11.6. The topological polar surface area (TPSA) is 79.8 Å². The fraction of sp³-hybridized carbons (Fsp3) is 0.118. The smallest absolute Gasteiger partial charge is 0.259 e.